The summed E-state index contributed by atoms with van der Waals surface area (Å²) in [4.78, 5) is 37.9. The Labute approximate surface area is 365 Å². The van der Waals surface area contributed by atoms with Crippen molar-refractivity contribution in [3.05, 3.63) is 36.5 Å². The molecule has 0 aromatic heterocycles. The van der Waals surface area contributed by atoms with E-state index in [4.69, 9.17) is 14.2 Å². The van der Waals surface area contributed by atoms with Crippen molar-refractivity contribution in [2.75, 3.05) is 13.2 Å². The third-order valence-electron chi connectivity index (χ3n) is 11.1. The minimum Gasteiger partial charge on any atom is -0.462 e. The lowest BCUT2D eigenvalue weighted by molar-refractivity contribution is -0.167. The highest BCUT2D eigenvalue weighted by molar-refractivity contribution is 5.71. The summed E-state index contributed by atoms with van der Waals surface area (Å²) < 4.78 is 16.8. The molecule has 0 amide bonds. The molecular weight excluding hydrogens is 733 g/mol. The van der Waals surface area contributed by atoms with Gasteiger partial charge in [-0.25, -0.2) is 0 Å². The summed E-state index contributed by atoms with van der Waals surface area (Å²) in [5.74, 6) is -0.892. The van der Waals surface area contributed by atoms with Gasteiger partial charge in [0.2, 0.25) is 0 Å². The predicted molar refractivity (Wildman–Crippen MR) is 252 cm³/mol. The first kappa shape index (κ1) is 56.6. The van der Waals surface area contributed by atoms with E-state index >= 15 is 0 Å². The molecule has 0 aliphatic rings. The number of allylic oxidation sites excluding steroid dienone is 6. The van der Waals surface area contributed by atoms with Crippen molar-refractivity contribution in [3.63, 3.8) is 0 Å². The Kier molecular flexibility index (Phi) is 46.4. The Balaban J connectivity index is 4.38. The van der Waals surface area contributed by atoms with Gasteiger partial charge in [0.15, 0.2) is 6.10 Å². The second kappa shape index (κ2) is 48.3. The van der Waals surface area contributed by atoms with Crippen LogP contribution in [0.2, 0.25) is 0 Å². The molecule has 6 heteroatoms. The van der Waals surface area contributed by atoms with Gasteiger partial charge < -0.3 is 14.2 Å². The average molecular weight is 829 g/mol. The lowest BCUT2D eigenvalue weighted by atomic mass is 10.0. The van der Waals surface area contributed by atoms with Crippen molar-refractivity contribution < 1.29 is 28.6 Å². The number of hydrogen-bond acceptors (Lipinski definition) is 6. The number of carbonyl (C=O) groups excluding carboxylic acids is 3. The maximum Gasteiger partial charge on any atom is 0.306 e. The Bertz CT molecular complexity index is 1000. The van der Waals surface area contributed by atoms with Crippen LogP contribution in [0.3, 0.4) is 0 Å². The molecule has 0 aliphatic heterocycles. The molecule has 0 fully saturated rings. The third-order valence-corrected chi connectivity index (χ3v) is 11.1. The SMILES string of the molecule is CCCCC/C=C\C/C=C\CCCCCCCC(=O)OC[C@@H](COC(=O)CCCCCCC/C=C\CCCCC)OC(=O)CCCCCCCCCCCCCCCC. The van der Waals surface area contributed by atoms with Gasteiger partial charge in [-0.05, 0) is 77.0 Å². The number of esters is 3. The van der Waals surface area contributed by atoms with Crippen molar-refractivity contribution in [1.29, 1.82) is 0 Å². The van der Waals surface area contributed by atoms with Crippen LogP contribution in [0.1, 0.15) is 265 Å². The highest BCUT2D eigenvalue weighted by atomic mass is 16.6. The Morgan fingerprint density at radius 2 is 0.610 bits per heavy atom. The van der Waals surface area contributed by atoms with Crippen LogP contribution in [0.15, 0.2) is 36.5 Å². The summed E-state index contributed by atoms with van der Waals surface area (Å²) in [5.41, 5.74) is 0. The zero-order valence-corrected chi connectivity index (χ0v) is 39.3. The standard InChI is InChI=1S/C53H96O6/c1-4-7-10-13-16-19-22-25-27-29-31-34-37-40-43-46-52(55)58-49-50(48-57-51(54)45-42-39-36-33-30-24-21-18-15-12-9-6-3)59-53(56)47-44-41-38-35-32-28-26-23-20-17-14-11-8-5-2/h16,18-19,21,25,27,50H,4-15,17,20,22-24,26,28-49H2,1-3H3/b19-16-,21-18-,27-25-/t50-/m1/s1. The molecule has 0 saturated carbocycles. The minimum atomic E-state index is -0.776. The van der Waals surface area contributed by atoms with Crippen molar-refractivity contribution in [2.45, 2.75) is 271 Å². The van der Waals surface area contributed by atoms with E-state index in [1.165, 1.54) is 141 Å². The van der Waals surface area contributed by atoms with Gasteiger partial charge in [-0.2, -0.15) is 0 Å². The van der Waals surface area contributed by atoms with E-state index in [0.29, 0.717) is 19.3 Å². The monoisotopic (exact) mass is 829 g/mol. The zero-order valence-electron chi connectivity index (χ0n) is 39.3. The van der Waals surface area contributed by atoms with Crippen LogP contribution in [0.5, 0.6) is 0 Å². The number of carbonyl (C=O) groups is 3. The Hall–Kier alpha value is -2.37. The summed E-state index contributed by atoms with van der Waals surface area (Å²) in [6.45, 7) is 6.58. The van der Waals surface area contributed by atoms with Crippen molar-refractivity contribution in [1.82, 2.24) is 0 Å². The number of ether oxygens (including phenoxy) is 3. The van der Waals surface area contributed by atoms with E-state index in [0.717, 1.165) is 83.5 Å². The fourth-order valence-electron chi connectivity index (χ4n) is 7.23. The summed E-state index contributed by atoms with van der Waals surface area (Å²) >= 11 is 0. The highest BCUT2D eigenvalue weighted by Gasteiger charge is 2.19. The summed E-state index contributed by atoms with van der Waals surface area (Å²) in [6.07, 6.45) is 55.5. The largest absolute Gasteiger partial charge is 0.462 e. The predicted octanol–water partition coefficient (Wildman–Crippen LogP) is 16.5. The highest BCUT2D eigenvalue weighted by Crippen LogP contribution is 2.15. The molecule has 0 aliphatic carbocycles. The van der Waals surface area contributed by atoms with Crippen molar-refractivity contribution in [2.24, 2.45) is 0 Å². The second-order valence-electron chi connectivity index (χ2n) is 17.1. The molecule has 0 rings (SSSR count). The molecule has 0 saturated heterocycles. The van der Waals surface area contributed by atoms with E-state index in [2.05, 4.69) is 57.2 Å². The van der Waals surface area contributed by atoms with Crippen LogP contribution >= 0.6 is 0 Å². The van der Waals surface area contributed by atoms with Gasteiger partial charge in [-0.1, -0.05) is 205 Å². The van der Waals surface area contributed by atoms with Crippen LogP contribution in [0.25, 0.3) is 0 Å². The van der Waals surface area contributed by atoms with Gasteiger partial charge in [0, 0.05) is 19.3 Å². The molecule has 6 nitrogen and oxygen atoms in total. The smallest absolute Gasteiger partial charge is 0.306 e. The first-order valence-corrected chi connectivity index (χ1v) is 25.5. The molecule has 344 valence electrons. The molecule has 0 unspecified atom stereocenters. The minimum absolute atomic E-state index is 0.0785. The molecule has 1 atom stereocenters. The fourth-order valence-corrected chi connectivity index (χ4v) is 7.23. The Morgan fingerprint density at radius 3 is 0.983 bits per heavy atom. The van der Waals surface area contributed by atoms with Crippen LogP contribution < -0.4 is 0 Å². The number of unbranched alkanes of at least 4 members (excludes halogenated alkanes) is 29. The van der Waals surface area contributed by atoms with Gasteiger partial charge in [0.1, 0.15) is 13.2 Å². The Morgan fingerprint density at radius 1 is 0.339 bits per heavy atom. The van der Waals surface area contributed by atoms with Gasteiger partial charge >= 0.3 is 17.9 Å². The summed E-state index contributed by atoms with van der Waals surface area (Å²) in [5, 5.41) is 0. The van der Waals surface area contributed by atoms with Gasteiger partial charge in [0.05, 0.1) is 0 Å². The molecule has 0 aromatic carbocycles. The van der Waals surface area contributed by atoms with Crippen LogP contribution in [0.4, 0.5) is 0 Å². The topological polar surface area (TPSA) is 78.9 Å². The molecule has 59 heavy (non-hydrogen) atoms. The molecule has 0 spiro atoms. The zero-order chi connectivity index (χ0) is 43.0. The normalized spacial score (nSPS) is 12.3. The van der Waals surface area contributed by atoms with E-state index in [-0.39, 0.29) is 31.1 Å². The van der Waals surface area contributed by atoms with E-state index < -0.39 is 6.10 Å². The molecular formula is C53H96O6. The third kappa shape index (κ3) is 46.5. The van der Waals surface area contributed by atoms with Crippen molar-refractivity contribution in [3.8, 4) is 0 Å². The van der Waals surface area contributed by atoms with Gasteiger partial charge in [-0.3, -0.25) is 14.4 Å². The van der Waals surface area contributed by atoms with E-state index in [1.807, 2.05) is 0 Å². The maximum atomic E-state index is 12.8. The lowest BCUT2D eigenvalue weighted by Gasteiger charge is -2.18. The molecule has 0 N–H and O–H groups in total. The molecule has 0 heterocycles. The average Bonchev–Trinajstić information content (AvgIpc) is 3.23. The number of hydrogen-bond donors (Lipinski definition) is 0. The first-order chi connectivity index (χ1) is 29.0. The molecule has 0 bridgehead atoms. The summed E-state index contributed by atoms with van der Waals surface area (Å²) in [6, 6.07) is 0. The number of rotatable bonds is 46. The molecule has 0 radical (unpaired) electrons. The second-order valence-corrected chi connectivity index (χ2v) is 17.1. The first-order valence-electron chi connectivity index (χ1n) is 25.5. The molecule has 0 aromatic rings. The van der Waals surface area contributed by atoms with Gasteiger partial charge in [-0.15, -0.1) is 0 Å². The van der Waals surface area contributed by atoms with Crippen molar-refractivity contribution >= 4 is 17.9 Å². The lowest BCUT2D eigenvalue weighted by Crippen LogP contribution is -2.30. The van der Waals surface area contributed by atoms with Crippen LogP contribution in [-0.2, 0) is 28.6 Å². The summed E-state index contributed by atoms with van der Waals surface area (Å²) in [7, 11) is 0. The van der Waals surface area contributed by atoms with E-state index in [1.54, 1.807) is 0 Å². The fraction of sp³-hybridized carbons (Fsp3) is 0.830. The van der Waals surface area contributed by atoms with Crippen LogP contribution in [-0.4, -0.2) is 37.2 Å². The quantitative estimate of drug-likeness (QED) is 0.0263. The van der Waals surface area contributed by atoms with Crippen LogP contribution in [0, 0.1) is 0 Å². The van der Waals surface area contributed by atoms with Gasteiger partial charge in [0.25, 0.3) is 0 Å². The van der Waals surface area contributed by atoms with E-state index in [9.17, 15) is 14.4 Å². The maximum absolute atomic E-state index is 12.8.